The minimum Gasteiger partial charge on any atom is -0.349 e. The zero-order chi connectivity index (χ0) is 18.3. The Bertz CT molecular complexity index is 961. The van der Waals surface area contributed by atoms with Gasteiger partial charge in [0, 0.05) is 22.1 Å². The van der Waals surface area contributed by atoms with Gasteiger partial charge in [0.05, 0.1) is 16.6 Å². The van der Waals surface area contributed by atoms with E-state index < -0.39 is 0 Å². The smallest absolute Gasteiger partial charge is 0.259 e. The molecule has 4 rings (SSSR count). The molecule has 5 nitrogen and oxygen atoms in total. The van der Waals surface area contributed by atoms with Gasteiger partial charge in [-0.15, -0.1) is 0 Å². The summed E-state index contributed by atoms with van der Waals surface area (Å²) in [4.78, 5) is 17.5. The molecule has 1 N–H and O–H groups in total. The van der Waals surface area contributed by atoms with E-state index in [0.29, 0.717) is 28.3 Å². The van der Waals surface area contributed by atoms with Crippen LogP contribution in [-0.2, 0) is 6.42 Å². The van der Waals surface area contributed by atoms with Gasteiger partial charge in [-0.1, -0.05) is 33.2 Å². The molecule has 1 amide bonds. The highest BCUT2D eigenvalue weighted by Crippen LogP contribution is 2.40. The quantitative estimate of drug-likeness (QED) is 0.666. The second-order valence-electron chi connectivity index (χ2n) is 7.02. The Morgan fingerprint density at radius 3 is 2.77 bits per heavy atom. The van der Waals surface area contributed by atoms with Crippen LogP contribution in [0.15, 0.2) is 39.3 Å². The molecule has 26 heavy (non-hydrogen) atoms. The van der Waals surface area contributed by atoms with Crippen LogP contribution in [0.25, 0.3) is 11.1 Å². The summed E-state index contributed by atoms with van der Waals surface area (Å²) in [6.45, 7) is 3.85. The van der Waals surface area contributed by atoms with E-state index in [9.17, 15) is 4.79 Å². The summed E-state index contributed by atoms with van der Waals surface area (Å²) in [5.74, 6) is 0.340. The minimum atomic E-state index is -0.102. The Kier molecular flexibility index (Phi) is 4.53. The summed E-state index contributed by atoms with van der Waals surface area (Å²) < 4.78 is 6.37. The van der Waals surface area contributed by atoms with Crippen molar-refractivity contribution >= 4 is 32.9 Å². The van der Waals surface area contributed by atoms with Crippen LogP contribution < -0.4 is 5.32 Å². The molecule has 1 unspecified atom stereocenters. The Hall–Kier alpha value is -2.21. The number of nitrogens with one attached hydrogen (secondary N) is 1. The van der Waals surface area contributed by atoms with Crippen LogP contribution in [-0.4, -0.2) is 22.1 Å². The number of carbonyl (C=O) groups is 1. The number of fused-ring (bicyclic) bond motifs is 1. The fourth-order valence-electron chi connectivity index (χ4n) is 3.21. The summed E-state index contributed by atoms with van der Waals surface area (Å²) in [6.07, 6.45) is 3.00. The lowest BCUT2D eigenvalue weighted by atomic mass is 10.0. The van der Waals surface area contributed by atoms with E-state index >= 15 is 0 Å². The van der Waals surface area contributed by atoms with Crippen LogP contribution in [0.3, 0.4) is 0 Å². The van der Waals surface area contributed by atoms with Crippen molar-refractivity contribution < 1.29 is 9.32 Å². The van der Waals surface area contributed by atoms with Gasteiger partial charge in [-0.2, -0.15) is 0 Å². The van der Waals surface area contributed by atoms with Gasteiger partial charge in [-0.3, -0.25) is 4.79 Å². The molecule has 0 aliphatic heterocycles. The molecule has 1 fully saturated rings. The normalized spacial score (nSPS) is 15.2. The number of halogens is 1. The summed E-state index contributed by atoms with van der Waals surface area (Å²) in [5, 5.41) is 7.81. The zero-order valence-corrected chi connectivity index (χ0v) is 16.3. The second kappa shape index (κ2) is 6.83. The third kappa shape index (κ3) is 3.51. The number of pyridine rings is 1. The molecule has 1 saturated carbocycles. The van der Waals surface area contributed by atoms with Gasteiger partial charge in [-0.25, -0.2) is 4.98 Å². The van der Waals surface area contributed by atoms with Crippen LogP contribution >= 0.6 is 15.9 Å². The first kappa shape index (κ1) is 17.2. The monoisotopic (exact) mass is 413 g/mol. The van der Waals surface area contributed by atoms with Gasteiger partial charge >= 0.3 is 0 Å². The predicted molar refractivity (Wildman–Crippen MR) is 103 cm³/mol. The van der Waals surface area contributed by atoms with Crippen molar-refractivity contribution in [1.82, 2.24) is 15.5 Å². The van der Waals surface area contributed by atoms with Crippen LogP contribution in [0.5, 0.6) is 0 Å². The van der Waals surface area contributed by atoms with Crippen molar-refractivity contribution in [2.24, 2.45) is 0 Å². The lowest BCUT2D eigenvalue weighted by Gasteiger charge is -2.15. The number of aromatic nitrogens is 2. The molecule has 0 radical (unpaired) electrons. The van der Waals surface area contributed by atoms with Crippen LogP contribution in [0, 0.1) is 6.92 Å². The van der Waals surface area contributed by atoms with Gasteiger partial charge in [0.1, 0.15) is 0 Å². The van der Waals surface area contributed by atoms with E-state index in [1.54, 1.807) is 0 Å². The van der Waals surface area contributed by atoms with E-state index in [-0.39, 0.29) is 11.9 Å². The number of aryl methyl sites for hydroxylation is 1. The van der Waals surface area contributed by atoms with E-state index in [4.69, 9.17) is 4.52 Å². The molecule has 6 heteroatoms. The zero-order valence-electron chi connectivity index (χ0n) is 14.8. The standard InChI is InChI=1S/C20H20BrN3O2/c1-11(9-13-3-7-15(21)8-4-13)22-19(25)16-10-17(14-5-6-14)23-20-18(16)12(2)24-26-20/h3-4,7-8,10-11,14H,5-6,9H2,1-2H3,(H,22,25). The second-order valence-corrected chi connectivity index (χ2v) is 7.94. The highest BCUT2D eigenvalue weighted by atomic mass is 79.9. The van der Waals surface area contributed by atoms with Gasteiger partial charge in [0.15, 0.2) is 0 Å². The molecular formula is C20H20BrN3O2. The molecule has 0 spiro atoms. The first-order valence-electron chi connectivity index (χ1n) is 8.83. The average Bonchev–Trinajstić information content (AvgIpc) is 3.40. The van der Waals surface area contributed by atoms with Gasteiger partial charge in [0.2, 0.25) is 0 Å². The fraction of sp³-hybridized carbons (Fsp3) is 0.350. The highest BCUT2D eigenvalue weighted by Gasteiger charge is 2.28. The summed E-state index contributed by atoms with van der Waals surface area (Å²) in [7, 11) is 0. The Balaban J connectivity index is 1.57. The minimum absolute atomic E-state index is 0.0106. The number of benzene rings is 1. The Morgan fingerprint density at radius 2 is 2.08 bits per heavy atom. The van der Waals surface area contributed by atoms with Gasteiger partial charge in [-0.05, 0) is 56.9 Å². The van der Waals surface area contributed by atoms with Crippen molar-refractivity contribution in [1.29, 1.82) is 0 Å². The molecule has 1 aromatic carbocycles. The van der Waals surface area contributed by atoms with E-state index in [1.165, 1.54) is 5.56 Å². The van der Waals surface area contributed by atoms with Crippen LogP contribution in [0.2, 0.25) is 0 Å². The molecule has 0 bridgehead atoms. The maximum Gasteiger partial charge on any atom is 0.259 e. The van der Waals surface area contributed by atoms with Crippen LogP contribution in [0.4, 0.5) is 0 Å². The largest absolute Gasteiger partial charge is 0.349 e. The third-order valence-electron chi connectivity index (χ3n) is 4.71. The molecule has 2 aromatic heterocycles. The number of nitrogens with zero attached hydrogens (tertiary/aromatic N) is 2. The lowest BCUT2D eigenvalue weighted by molar-refractivity contribution is 0.0941. The average molecular weight is 414 g/mol. The summed E-state index contributed by atoms with van der Waals surface area (Å²) in [5.41, 5.74) is 3.87. The third-order valence-corrected chi connectivity index (χ3v) is 5.24. The molecule has 1 aliphatic carbocycles. The lowest BCUT2D eigenvalue weighted by Crippen LogP contribution is -2.34. The number of amides is 1. The first-order valence-corrected chi connectivity index (χ1v) is 9.63. The van der Waals surface area contributed by atoms with Gasteiger partial charge in [0.25, 0.3) is 11.6 Å². The van der Waals surface area contributed by atoms with Gasteiger partial charge < -0.3 is 9.84 Å². The van der Waals surface area contributed by atoms with Crippen molar-refractivity contribution in [3.05, 3.63) is 57.3 Å². The number of hydrogen-bond donors (Lipinski definition) is 1. The number of carbonyl (C=O) groups excluding carboxylic acids is 1. The predicted octanol–water partition coefficient (Wildman–Crippen LogP) is 4.53. The Morgan fingerprint density at radius 1 is 1.35 bits per heavy atom. The molecule has 3 aromatic rings. The van der Waals surface area contributed by atoms with Crippen molar-refractivity contribution in [3.63, 3.8) is 0 Å². The molecule has 1 atom stereocenters. The van der Waals surface area contributed by atoms with Crippen molar-refractivity contribution in [2.75, 3.05) is 0 Å². The maximum absolute atomic E-state index is 12.9. The summed E-state index contributed by atoms with van der Waals surface area (Å²) in [6, 6.07) is 10.1. The van der Waals surface area contributed by atoms with Crippen molar-refractivity contribution in [2.45, 2.75) is 45.1 Å². The molecule has 2 heterocycles. The van der Waals surface area contributed by atoms with Crippen LogP contribution in [0.1, 0.15) is 53.0 Å². The fourth-order valence-corrected chi connectivity index (χ4v) is 3.47. The van der Waals surface area contributed by atoms with Crippen molar-refractivity contribution in [3.8, 4) is 0 Å². The molecule has 134 valence electrons. The maximum atomic E-state index is 12.9. The number of rotatable bonds is 5. The topological polar surface area (TPSA) is 68.0 Å². The van der Waals surface area contributed by atoms with E-state index in [1.807, 2.05) is 32.0 Å². The Labute approximate surface area is 160 Å². The highest BCUT2D eigenvalue weighted by molar-refractivity contribution is 9.10. The van der Waals surface area contributed by atoms with E-state index in [2.05, 4.69) is 43.5 Å². The summed E-state index contributed by atoms with van der Waals surface area (Å²) >= 11 is 3.44. The SMILES string of the molecule is Cc1noc2nc(C3CC3)cc(C(=O)NC(C)Cc3ccc(Br)cc3)c12. The molecule has 0 saturated heterocycles. The molecule has 1 aliphatic rings. The van der Waals surface area contributed by atoms with E-state index in [0.717, 1.165) is 29.4 Å². The first-order chi connectivity index (χ1) is 12.5. The number of hydrogen-bond acceptors (Lipinski definition) is 4. The molecular weight excluding hydrogens is 394 g/mol.